The van der Waals surface area contributed by atoms with Gasteiger partial charge in [-0.25, -0.2) is 14.8 Å². The van der Waals surface area contributed by atoms with E-state index in [0.29, 0.717) is 29.0 Å². The minimum absolute atomic E-state index is 0.0229. The summed E-state index contributed by atoms with van der Waals surface area (Å²) >= 11 is 0. The first-order valence-corrected chi connectivity index (χ1v) is 12.5. The number of carbonyl (C=O) groups is 1. The number of hydrogen-bond donors (Lipinski definition) is 4. The highest BCUT2D eigenvalue weighted by Crippen LogP contribution is 2.34. The van der Waals surface area contributed by atoms with Crippen molar-refractivity contribution in [1.82, 2.24) is 25.5 Å². The van der Waals surface area contributed by atoms with Gasteiger partial charge in [0.1, 0.15) is 5.82 Å². The standard InChI is InChI=1S/C27H29F3N8O/c1-3-20(33-26(39)34-21-10-6-9-19(15-21)27(28,29)30)12-11-17(2)32-25-31-14-13-23(36-25)35-24-16-22(37-38-24)18-7-4-5-8-18/h3,6,9-16,18H,4-5,7-8H2,1-2H3,(H2,33,34,39)(H2,31,35,36,37,38)/b12-11-,20-3?,32-17?. The molecule has 0 unspecified atom stereocenters. The number of H-pyrrole nitrogens is 1. The van der Waals surface area contributed by atoms with Gasteiger partial charge in [-0.3, -0.25) is 5.10 Å². The lowest BCUT2D eigenvalue weighted by Crippen LogP contribution is -2.27. The third kappa shape index (κ3) is 8.00. The van der Waals surface area contributed by atoms with Gasteiger partial charge in [-0.1, -0.05) is 25.0 Å². The number of amides is 2. The van der Waals surface area contributed by atoms with E-state index in [1.165, 1.54) is 37.8 Å². The Kier molecular flexibility index (Phi) is 8.74. The predicted octanol–water partition coefficient (Wildman–Crippen LogP) is 6.99. The van der Waals surface area contributed by atoms with E-state index in [2.05, 4.69) is 41.1 Å². The van der Waals surface area contributed by atoms with Crippen LogP contribution in [0.25, 0.3) is 0 Å². The van der Waals surface area contributed by atoms with Gasteiger partial charge in [0.25, 0.3) is 5.95 Å². The van der Waals surface area contributed by atoms with Gasteiger partial charge in [0.05, 0.1) is 5.56 Å². The van der Waals surface area contributed by atoms with Gasteiger partial charge in [0.15, 0.2) is 5.82 Å². The fraction of sp³-hybridized carbons (Fsp3) is 0.296. The third-order valence-corrected chi connectivity index (χ3v) is 6.09. The number of alkyl halides is 3. The molecule has 0 aliphatic heterocycles. The molecule has 0 atom stereocenters. The van der Waals surface area contributed by atoms with Crippen LogP contribution in [-0.2, 0) is 6.18 Å². The SMILES string of the molecule is CC=C(/C=C\C(C)=Nc1nccc(Nc2cc(C3CCCC3)[nH]n2)n1)NC(=O)Nc1cccc(C(F)(F)F)c1. The lowest BCUT2D eigenvalue weighted by atomic mass is 10.0. The van der Waals surface area contributed by atoms with Gasteiger partial charge < -0.3 is 16.0 Å². The summed E-state index contributed by atoms with van der Waals surface area (Å²) in [7, 11) is 0. The zero-order valence-electron chi connectivity index (χ0n) is 21.5. The number of anilines is 3. The minimum atomic E-state index is -4.50. The smallest absolute Gasteiger partial charge is 0.323 e. The summed E-state index contributed by atoms with van der Waals surface area (Å²) in [5.74, 6) is 1.99. The van der Waals surface area contributed by atoms with Crippen molar-refractivity contribution in [3.63, 3.8) is 0 Å². The molecule has 1 aromatic carbocycles. The average molecular weight is 539 g/mol. The summed E-state index contributed by atoms with van der Waals surface area (Å²) in [6, 6.07) is 7.45. The van der Waals surface area contributed by atoms with E-state index in [9.17, 15) is 18.0 Å². The number of nitrogens with one attached hydrogen (secondary N) is 4. The number of rotatable bonds is 8. The Morgan fingerprint density at radius 3 is 2.67 bits per heavy atom. The minimum Gasteiger partial charge on any atom is -0.323 e. The predicted molar refractivity (Wildman–Crippen MR) is 144 cm³/mol. The number of benzene rings is 1. The molecule has 39 heavy (non-hydrogen) atoms. The van der Waals surface area contributed by atoms with Crippen LogP contribution in [0, 0.1) is 0 Å². The summed E-state index contributed by atoms with van der Waals surface area (Å²) in [6.07, 6.45) is 6.83. The monoisotopic (exact) mass is 538 g/mol. The topological polar surface area (TPSA) is 120 Å². The second-order valence-corrected chi connectivity index (χ2v) is 9.05. The van der Waals surface area contributed by atoms with E-state index in [1.54, 1.807) is 44.3 Å². The van der Waals surface area contributed by atoms with Crippen LogP contribution in [0.1, 0.15) is 56.7 Å². The first-order chi connectivity index (χ1) is 18.7. The molecule has 0 radical (unpaired) electrons. The Morgan fingerprint density at radius 1 is 1.13 bits per heavy atom. The molecule has 2 amide bonds. The Balaban J connectivity index is 1.34. The van der Waals surface area contributed by atoms with Crippen molar-refractivity contribution < 1.29 is 18.0 Å². The Bertz CT molecular complexity index is 1390. The number of aromatic amines is 1. The number of aromatic nitrogens is 4. The molecule has 204 valence electrons. The quantitative estimate of drug-likeness (QED) is 0.182. The summed E-state index contributed by atoms with van der Waals surface area (Å²) in [5.41, 5.74) is 1.28. The molecular formula is C27H29F3N8O. The van der Waals surface area contributed by atoms with Gasteiger partial charge in [-0.2, -0.15) is 23.3 Å². The van der Waals surface area contributed by atoms with Gasteiger partial charge in [-0.05, 0) is 63.1 Å². The van der Waals surface area contributed by atoms with Crippen molar-refractivity contribution in [1.29, 1.82) is 0 Å². The Hall–Kier alpha value is -4.48. The second-order valence-electron chi connectivity index (χ2n) is 9.05. The highest BCUT2D eigenvalue weighted by molar-refractivity contribution is 5.95. The zero-order valence-corrected chi connectivity index (χ0v) is 21.5. The first kappa shape index (κ1) is 27.6. The van der Waals surface area contributed by atoms with Crippen molar-refractivity contribution in [3.8, 4) is 0 Å². The molecule has 1 saturated carbocycles. The fourth-order valence-electron chi connectivity index (χ4n) is 4.13. The van der Waals surface area contributed by atoms with E-state index in [1.807, 2.05) is 6.07 Å². The molecule has 12 heteroatoms. The molecule has 4 N–H and O–H groups in total. The maximum Gasteiger partial charge on any atom is 0.416 e. The average Bonchev–Trinajstić information content (AvgIpc) is 3.59. The summed E-state index contributed by atoms with van der Waals surface area (Å²) in [4.78, 5) is 25.3. The maximum atomic E-state index is 12.9. The largest absolute Gasteiger partial charge is 0.416 e. The highest BCUT2D eigenvalue weighted by Gasteiger charge is 2.30. The zero-order chi connectivity index (χ0) is 27.8. The van der Waals surface area contributed by atoms with Crippen LogP contribution in [0.3, 0.4) is 0 Å². The number of allylic oxidation sites excluding steroid dienone is 3. The normalized spacial score (nSPS) is 15.1. The molecule has 4 rings (SSSR count). The number of urea groups is 1. The number of hydrogen-bond acceptors (Lipinski definition) is 6. The molecule has 1 fully saturated rings. The molecule has 1 aliphatic rings. The molecule has 1 aliphatic carbocycles. The Morgan fingerprint density at radius 2 is 1.92 bits per heavy atom. The van der Waals surface area contributed by atoms with Crippen LogP contribution in [-0.4, -0.2) is 31.9 Å². The molecule has 0 saturated heterocycles. The van der Waals surface area contributed by atoms with Crippen LogP contribution in [0.2, 0.25) is 0 Å². The number of aliphatic imine (C=N–C) groups is 1. The number of halogens is 3. The number of carbonyl (C=O) groups excluding carboxylic acids is 1. The van der Waals surface area contributed by atoms with Gasteiger partial charge in [-0.15, -0.1) is 0 Å². The second kappa shape index (κ2) is 12.4. The third-order valence-electron chi connectivity index (χ3n) is 6.09. The van der Waals surface area contributed by atoms with Gasteiger partial charge in [0, 0.05) is 41.0 Å². The summed E-state index contributed by atoms with van der Waals surface area (Å²) < 4.78 is 38.7. The lowest BCUT2D eigenvalue weighted by Gasteiger charge is -2.11. The van der Waals surface area contributed by atoms with Crippen molar-refractivity contribution in [2.75, 3.05) is 10.6 Å². The summed E-state index contributed by atoms with van der Waals surface area (Å²) in [6.45, 7) is 3.46. The molecule has 0 bridgehead atoms. The molecule has 2 heterocycles. The van der Waals surface area contributed by atoms with Gasteiger partial charge >= 0.3 is 12.2 Å². The van der Waals surface area contributed by atoms with Crippen LogP contribution in [0.15, 0.2) is 71.5 Å². The van der Waals surface area contributed by atoms with Crippen LogP contribution in [0.5, 0.6) is 0 Å². The van der Waals surface area contributed by atoms with Crippen LogP contribution < -0.4 is 16.0 Å². The molecule has 2 aromatic heterocycles. The van der Waals surface area contributed by atoms with E-state index in [4.69, 9.17) is 0 Å². The van der Waals surface area contributed by atoms with Gasteiger partial charge in [0.2, 0.25) is 0 Å². The highest BCUT2D eigenvalue weighted by atomic mass is 19.4. The van der Waals surface area contributed by atoms with E-state index < -0.39 is 17.8 Å². The molecule has 9 nitrogen and oxygen atoms in total. The maximum absolute atomic E-state index is 12.9. The molecule has 3 aromatic rings. The molecule has 0 spiro atoms. The van der Waals surface area contributed by atoms with Crippen molar-refractivity contribution in [2.45, 2.75) is 51.6 Å². The van der Waals surface area contributed by atoms with Crippen molar-refractivity contribution in [2.24, 2.45) is 4.99 Å². The lowest BCUT2D eigenvalue weighted by molar-refractivity contribution is -0.137. The Labute approximate surface area is 223 Å². The first-order valence-electron chi connectivity index (χ1n) is 12.5. The van der Waals surface area contributed by atoms with Crippen LogP contribution >= 0.6 is 0 Å². The fourth-order valence-corrected chi connectivity index (χ4v) is 4.13. The van der Waals surface area contributed by atoms with Crippen molar-refractivity contribution in [3.05, 3.63) is 77.8 Å². The van der Waals surface area contributed by atoms with E-state index in [0.717, 1.165) is 17.8 Å². The molecular weight excluding hydrogens is 509 g/mol. The van der Waals surface area contributed by atoms with Crippen LogP contribution in [0.4, 0.5) is 41.2 Å². The van der Waals surface area contributed by atoms with Crippen molar-refractivity contribution >= 4 is 35.0 Å². The summed E-state index contributed by atoms with van der Waals surface area (Å²) in [5, 5.41) is 15.6. The van der Waals surface area contributed by atoms with E-state index >= 15 is 0 Å². The number of nitrogens with zero attached hydrogens (tertiary/aromatic N) is 4. The van der Waals surface area contributed by atoms with E-state index in [-0.39, 0.29) is 11.6 Å².